The van der Waals surface area contributed by atoms with Crippen molar-refractivity contribution in [2.75, 3.05) is 5.32 Å². The third kappa shape index (κ3) is 4.09. The number of ketones is 1. The summed E-state index contributed by atoms with van der Waals surface area (Å²) in [5.74, 6) is -1.35. The van der Waals surface area contributed by atoms with E-state index in [2.05, 4.69) is 10.3 Å². The molecule has 0 radical (unpaired) electrons. The Morgan fingerprint density at radius 2 is 1.84 bits per heavy atom. The number of para-hydroxylation sites is 1. The van der Waals surface area contributed by atoms with Crippen LogP contribution in [0.3, 0.4) is 0 Å². The minimum Gasteiger partial charge on any atom is -0.448 e. The second kappa shape index (κ2) is 7.53. The summed E-state index contributed by atoms with van der Waals surface area (Å²) < 4.78 is 5.20. The van der Waals surface area contributed by atoms with E-state index in [-0.39, 0.29) is 11.5 Å². The van der Waals surface area contributed by atoms with Crippen LogP contribution in [0.1, 0.15) is 46.0 Å². The van der Waals surface area contributed by atoms with Crippen LogP contribution in [-0.4, -0.2) is 28.7 Å². The SMILES string of the molecule is CC(=O)c1c(C)[nH]c(C(=O)OC(C)C(=O)Nc2ccccc2Cl)c1C. The van der Waals surface area contributed by atoms with E-state index < -0.39 is 18.0 Å². The molecule has 132 valence electrons. The van der Waals surface area contributed by atoms with Gasteiger partial charge in [-0.3, -0.25) is 9.59 Å². The fourth-order valence-corrected chi connectivity index (χ4v) is 2.74. The normalized spacial score (nSPS) is 11.7. The number of carbonyl (C=O) groups excluding carboxylic acids is 3. The molecule has 1 atom stereocenters. The first-order valence-corrected chi connectivity index (χ1v) is 8.06. The van der Waals surface area contributed by atoms with E-state index in [4.69, 9.17) is 16.3 Å². The van der Waals surface area contributed by atoms with Gasteiger partial charge in [0.1, 0.15) is 5.69 Å². The van der Waals surface area contributed by atoms with Crippen LogP contribution >= 0.6 is 11.6 Å². The number of H-pyrrole nitrogens is 1. The molecule has 2 rings (SSSR count). The number of hydrogen-bond donors (Lipinski definition) is 2. The zero-order chi connectivity index (χ0) is 18.7. The molecule has 0 saturated carbocycles. The molecule has 6 nitrogen and oxygen atoms in total. The van der Waals surface area contributed by atoms with Crippen molar-refractivity contribution < 1.29 is 19.1 Å². The highest BCUT2D eigenvalue weighted by Crippen LogP contribution is 2.22. The first-order valence-electron chi connectivity index (χ1n) is 7.68. The Balaban J connectivity index is 2.10. The van der Waals surface area contributed by atoms with Gasteiger partial charge in [0.05, 0.1) is 10.7 Å². The average molecular weight is 363 g/mol. The molecule has 1 heterocycles. The Hall–Kier alpha value is -2.60. The Kier molecular flexibility index (Phi) is 5.64. The van der Waals surface area contributed by atoms with Crippen molar-refractivity contribution in [3.05, 3.63) is 51.8 Å². The Morgan fingerprint density at radius 1 is 1.20 bits per heavy atom. The molecule has 0 spiro atoms. The quantitative estimate of drug-likeness (QED) is 0.627. The lowest BCUT2D eigenvalue weighted by atomic mass is 10.1. The molecule has 2 aromatic rings. The lowest BCUT2D eigenvalue weighted by molar-refractivity contribution is -0.123. The van der Waals surface area contributed by atoms with Gasteiger partial charge in [0.15, 0.2) is 11.9 Å². The monoisotopic (exact) mass is 362 g/mol. The second-order valence-electron chi connectivity index (χ2n) is 5.70. The largest absolute Gasteiger partial charge is 0.448 e. The Labute approximate surface area is 150 Å². The molecule has 1 unspecified atom stereocenters. The summed E-state index contributed by atoms with van der Waals surface area (Å²) in [5, 5.41) is 2.99. The van der Waals surface area contributed by atoms with Crippen molar-refractivity contribution in [2.45, 2.75) is 33.8 Å². The number of aromatic nitrogens is 1. The van der Waals surface area contributed by atoms with Gasteiger partial charge in [-0.25, -0.2) is 4.79 Å². The van der Waals surface area contributed by atoms with E-state index in [1.54, 1.807) is 38.1 Å². The molecule has 1 amide bonds. The summed E-state index contributed by atoms with van der Waals surface area (Å²) in [6, 6.07) is 6.76. The van der Waals surface area contributed by atoms with Crippen LogP contribution in [0.2, 0.25) is 5.02 Å². The summed E-state index contributed by atoms with van der Waals surface area (Å²) in [7, 11) is 0. The van der Waals surface area contributed by atoms with Gasteiger partial charge in [0.25, 0.3) is 5.91 Å². The highest BCUT2D eigenvalue weighted by atomic mass is 35.5. The zero-order valence-corrected chi connectivity index (χ0v) is 15.2. The maximum atomic E-state index is 12.3. The lowest BCUT2D eigenvalue weighted by Crippen LogP contribution is -2.30. The highest BCUT2D eigenvalue weighted by Gasteiger charge is 2.24. The number of carbonyl (C=O) groups is 3. The lowest BCUT2D eigenvalue weighted by Gasteiger charge is -2.14. The van der Waals surface area contributed by atoms with Gasteiger partial charge in [0.2, 0.25) is 0 Å². The minimum atomic E-state index is -1.03. The van der Waals surface area contributed by atoms with Gasteiger partial charge in [-0.15, -0.1) is 0 Å². The fourth-order valence-electron chi connectivity index (χ4n) is 2.55. The number of nitrogens with one attached hydrogen (secondary N) is 2. The van der Waals surface area contributed by atoms with Crippen LogP contribution in [0.5, 0.6) is 0 Å². The molecule has 1 aromatic heterocycles. The molecule has 0 aliphatic carbocycles. The first-order chi connectivity index (χ1) is 11.7. The Morgan fingerprint density at radius 3 is 2.40 bits per heavy atom. The number of aryl methyl sites for hydroxylation is 1. The summed E-state index contributed by atoms with van der Waals surface area (Å²) in [4.78, 5) is 39.0. The highest BCUT2D eigenvalue weighted by molar-refractivity contribution is 6.33. The molecule has 0 aliphatic heterocycles. The van der Waals surface area contributed by atoms with Crippen molar-refractivity contribution >= 4 is 34.9 Å². The second-order valence-corrected chi connectivity index (χ2v) is 6.11. The van der Waals surface area contributed by atoms with Crippen molar-refractivity contribution in [1.29, 1.82) is 0 Å². The van der Waals surface area contributed by atoms with Crippen LogP contribution in [0, 0.1) is 13.8 Å². The molecular formula is C18H19ClN2O4. The Bertz CT molecular complexity index is 842. The number of aromatic amines is 1. The van der Waals surface area contributed by atoms with Crippen molar-refractivity contribution in [3.8, 4) is 0 Å². The number of ether oxygens (including phenoxy) is 1. The number of hydrogen-bond acceptors (Lipinski definition) is 4. The van der Waals surface area contributed by atoms with E-state index in [1.165, 1.54) is 13.8 Å². The molecule has 2 N–H and O–H groups in total. The summed E-state index contributed by atoms with van der Waals surface area (Å²) >= 11 is 5.99. The fraction of sp³-hybridized carbons (Fsp3) is 0.278. The van der Waals surface area contributed by atoms with Gasteiger partial charge >= 0.3 is 5.97 Å². The third-order valence-corrected chi connectivity index (χ3v) is 4.11. The number of anilines is 1. The topological polar surface area (TPSA) is 88.3 Å². The van der Waals surface area contributed by atoms with Crippen LogP contribution in [-0.2, 0) is 9.53 Å². The number of esters is 1. The maximum Gasteiger partial charge on any atom is 0.355 e. The van der Waals surface area contributed by atoms with Gasteiger partial charge in [-0.2, -0.15) is 0 Å². The summed E-state index contributed by atoms with van der Waals surface area (Å²) in [6.07, 6.45) is -1.03. The minimum absolute atomic E-state index is 0.144. The van der Waals surface area contributed by atoms with Crippen LogP contribution in [0.15, 0.2) is 24.3 Å². The number of halogens is 1. The predicted octanol–water partition coefficient (Wildman–Crippen LogP) is 3.67. The standard InChI is InChI=1S/C18H19ClN2O4/c1-9-15(11(3)22)10(2)20-16(9)18(24)25-12(4)17(23)21-14-8-6-5-7-13(14)19/h5-8,12,20H,1-4H3,(H,21,23). The molecule has 1 aromatic carbocycles. The molecular weight excluding hydrogens is 344 g/mol. The average Bonchev–Trinajstić information content (AvgIpc) is 2.84. The maximum absolute atomic E-state index is 12.3. The van der Waals surface area contributed by atoms with Crippen LogP contribution in [0.25, 0.3) is 0 Å². The summed E-state index contributed by atoms with van der Waals surface area (Å²) in [5.41, 5.74) is 2.15. The zero-order valence-electron chi connectivity index (χ0n) is 14.4. The number of amides is 1. The smallest absolute Gasteiger partial charge is 0.355 e. The van der Waals surface area contributed by atoms with Crippen molar-refractivity contribution in [1.82, 2.24) is 4.98 Å². The van der Waals surface area contributed by atoms with Crippen LogP contribution < -0.4 is 5.32 Å². The molecule has 0 aliphatic rings. The number of benzene rings is 1. The van der Waals surface area contributed by atoms with Gasteiger partial charge in [-0.05, 0) is 45.4 Å². The summed E-state index contributed by atoms with van der Waals surface area (Å²) in [6.45, 7) is 6.25. The number of Topliss-reactive ketones (excluding diaryl/α,β-unsaturated/α-hetero) is 1. The molecule has 7 heteroatoms. The third-order valence-electron chi connectivity index (χ3n) is 3.78. The van der Waals surface area contributed by atoms with Gasteiger partial charge < -0.3 is 15.0 Å². The first kappa shape index (κ1) is 18.7. The van der Waals surface area contributed by atoms with E-state index in [1.807, 2.05) is 0 Å². The van der Waals surface area contributed by atoms with E-state index in [0.29, 0.717) is 27.5 Å². The predicted molar refractivity (Wildman–Crippen MR) is 95.2 cm³/mol. The molecule has 0 saturated heterocycles. The van der Waals surface area contributed by atoms with Crippen molar-refractivity contribution in [3.63, 3.8) is 0 Å². The van der Waals surface area contributed by atoms with E-state index >= 15 is 0 Å². The molecule has 0 fully saturated rings. The molecule has 25 heavy (non-hydrogen) atoms. The van der Waals surface area contributed by atoms with E-state index in [0.717, 1.165) is 0 Å². The number of rotatable bonds is 5. The van der Waals surface area contributed by atoms with E-state index in [9.17, 15) is 14.4 Å². The van der Waals surface area contributed by atoms with Gasteiger partial charge in [-0.1, -0.05) is 23.7 Å². The van der Waals surface area contributed by atoms with Gasteiger partial charge in [0, 0.05) is 11.3 Å². The van der Waals surface area contributed by atoms with Crippen molar-refractivity contribution in [2.24, 2.45) is 0 Å². The van der Waals surface area contributed by atoms with Crippen LogP contribution in [0.4, 0.5) is 5.69 Å². The molecule has 0 bridgehead atoms.